The maximum absolute atomic E-state index is 14.0. The summed E-state index contributed by atoms with van der Waals surface area (Å²) in [5.41, 5.74) is 3.54. The molecule has 2 heterocycles. The highest BCUT2D eigenvalue weighted by molar-refractivity contribution is 6.00. The van der Waals surface area contributed by atoms with Crippen LogP contribution in [0.2, 0.25) is 0 Å². The molecule has 0 aliphatic carbocycles. The molecule has 3 aromatic carbocycles. The Morgan fingerprint density at radius 2 is 1.56 bits per heavy atom. The number of dihydropyridines is 1. The van der Waals surface area contributed by atoms with Gasteiger partial charge < -0.3 is 14.8 Å². The second-order valence-electron chi connectivity index (χ2n) is 12.0. The molecule has 1 saturated heterocycles. The second-order valence-corrected chi connectivity index (χ2v) is 12.0. The quantitative estimate of drug-likeness (QED) is 0.164. The molecule has 9 heteroatoms. The van der Waals surface area contributed by atoms with Gasteiger partial charge in [-0.25, -0.2) is 9.59 Å². The fourth-order valence-corrected chi connectivity index (χ4v) is 6.58. The van der Waals surface area contributed by atoms with Crippen molar-refractivity contribution in [2.75, 3.05) is 26.7 Å². The van der Waals surface area contributed by atoms with Crippen molar-refractivity contribution in [2.24, 2.45) is 0 Å². The highest BCUT2D eigenvalue weighted by Crippen LogP contribution is 2.41. The Bertz CT molecular complexity index is 1600. The molecule has 2 aliphatic rings. The number of carbonyl (C=O) groups is 2. The number of esters is 2. The number of ether oxygens (including phenoxy) is 2. The van der Waals surface area contributed by atoms with Crippen LogP contribution in [0.15, 0.2) is 107 Å². The molecule has 2 aliphatic heterocycles. The minimum atomic E-state index is -0.898. The number of non-ortho nitro benzene ring substituents is 1. The summed E-state index contributed by atoms with van der Waals surface area (Å²) in [6.45, 7) is 7.57. The number of nitro benzene ring substituents is 1. The normalized spacial score (nSPS) is 20.2. The third-order valence-electron chi connectivity index (χ3n) is 8.79. The number of carbonyl (C=O) groups excluding carboxylic acids is 2. The van der Waals surface area contributed by atoms with Crippen molar-refractivity contribution >= 4 is 17.6 Å². The van der Waals surface area contributed by atoms with Gasteiger partial charge in [-0.1, -0.05) is 72.8 Å². The SMILES string of the molecule is COC(=O)C1=C(C)NC(C)=C(C(=O)O[C@]2(C)CCN(CCC(c3ccccc3)c3ccccc3)C2)[C@@H]1c1cccc([N+](=O)[O-])c1. The van der Waals surface area contributed by atoms with E-state index in [2.05, 4.69) is 58.7 Å². The molecule has 2 atom stereocenters. The fourth-order valence-electron chi connectivity index (χ4n) is 6.58. The van der Waals surface area contributed by atoms with Crippen LogP contribution in [-0.2, 0) is 19.1 Å². The van der Waals surface area contributed by atoms with Gasteiger partial charge in [0.1, 0.15) is 5.60 Å². The molecule has 1 N–H and O–H groups in total. The van der Waals surface area contributed by atoms with Gasteiger partial charge in [-0.05, 0) is 50.4 Å². The van der Waals surface area contributed by atoms with Crippen molar-refractivity contribution in [3.05, 3.63) is 134 Å². The topological polar surface area (TPSA) is 111 Å². The molecule has 0 saturated carbocycles. The number of likely N-dealkylation sites (tertiary alicyclic amines) is 1. The first kappa shape index (κ1) is 31.7. The molecule has 0 unspecified atom stereocenters. The van der Waals surface area contributed by atoms with Gasteiger partial charge in [0.25, 0.3) is 5.69 Å². The molecule has 1 fully saturated rings. The van der Waals surface area contributed by atoms with Crippen LogP contribution in [0.1, 0.15) is 62.1 Å². The molecule has 45 heavy (non-hydrogen) atoms. The zero-order valence-electron chi connectivity index (χ0n) is 26.1. The van der Waals surface area contributed by atoms with E-state index in [4.69, 9.17) is 9.47 Å². The number of allylic oxidation sites excluding steroid dienone is 2. The van der Waals surface area contributed by atoms with Gasteiger partial charge in [-0.2, -0.15) is 0 Å². The zero-order chi connectivity index (χ0) is 32.1. The minimum absolute atomic E-state index is 0.138. The van der Waals surface area contributed by atoms with Crippen molar-refractivity contribution in [1.29, 1.82) is 0 Å². The number of nitro groups is 1. The maximum Gasteiger partial charge on any atom is 0.337 e. The van der Waals surface area contributed by atoms with Crippen molar-refractivity contribution in [3.63, 3.8) is 0 Å². The highest BCUT2D eigenvalue weighted by Gasteiger charge is 2.43. The Kier molecular flexibility index (Phi) is 9.48. The summed E-state index contributed by atoms with van der Waals surface area (Å²) in [4.78, 5) is 40.5. The monoisotopic (exact) mass is 609 g/mol. The van der Waals surface area contributed by atoms with Crippen LogP contribution in [0.4, 0.5) is 5.69 Å². The molecule has 0 aromatic heterocycles. The van der Waals surface area contributed by atoms with E-state index in [0.717, 1.165) is 19.5 Å². The predicted octanol–water partition coefficient (Wildman–Crippen LogP) is 6.23. The summed E-state index contributed by atoms with van der Waals surface area (Å²) in [6.07, 6.45) is 1.56. The second kappa shape index (κ2) is 13.5. The van der Waals surface area contributed by atoms with Crippen molar-refractivity contribution in [3.8, 4) is 0 Å². The van der Waals surface area contributed by atoms with Crippen molar-refractivity contribution < 1.29 is 24.0 Å². The molecule has 9 nitrogen and oxygen atoms in total. The van der Waals surface area contributed by atoms with Crippen LogP contribution in [-0.4, -0.2) is 54.1 Å². The van der Waals surface area contributed by atoms with Crippen LogP contribution in [0.25, 0.3) is 0 Å². The van der Waals surface area contributed by atoms with Crippen LogP contribution >= 0.6 is 0 Å². The number of benzene rings is 3. The molecule has 0 amide bonds. The standard InChI is InChI=1S/C36H39N3O6/c1-24-31(34(40)44-4)33(28-16-11-17-29(22-28)39(42)43)32(25(2)37-24)35(41)45-36(3)19-21-38(23-36)20-18-30(26-12-7-5-8-13-26)27-14-9-6-10-15-27/h5-17,22,30,33,37H,18-21,23H2,1-4H3/t33-,36-/m1/s1. The summed E-state index contributed by atoms with van der Waals surface area (Å²) in [6, 6.07) is 27.0. The van der Waals surface area contributed by atoms with Gasteiger partial charge in [-0.3, -0.25) is 15.0 Å². The lowest BCUT2D eigenvalue weighted by Crippen LogP contribution is -2.39. The summed E-state index contributed by atoms with van der Waals surface area (Å²) < 4.78 is 11.3. The van der Waals surface area contributed by atoms with Crippen LogP contribution in [0.3, 0.4) is 0 Å². The smallest absolute Gasteiger partial charge is 0.337 e. The average Bonchev–Trinajstić information content (AvgIpc) is 3.41. The van der Waals surface area contributed by atoms with Gasteiger partial charge in [0.2, 0.25) is 0 Å². The number of nitrogens with zero attached hydrogens (tertiary/aromatic N) is 2. The lowest BCUT2D eigenvalue weighted by Gasteiger charge is -2.33. The molecule has 0 bridgehead atoms. The third kappa shape index (κ3) is 6.99. The molecular weight excluding hydrogens is 570 g/mol. The molecule has 234 valence electrons. The predicted molar refractivity (Wildman–Crippen MR) is 171 cm³/mol. The third-order valence-corrected chi connectivity index (χ3v) is 8.79. The first-order valence-corrected chi connectivity index (χ1v) is 15.2. The summed E-state index contributed by atoms with van der Waals surface area (Å²) in [7, 11) is 1.27. The highest BCUT2D eigenvalue weighted by atomic mass is 16.6. The molecule has 5 rings (SSSR count). The number of methoxy groups -OCH3 is 1. The van der Waals surface area contributed by atoms with E-state index in [1.807, 2.05) is 19.1 Å². The minimum Gasteiger partial charge on any atom is -0.466 e. The van der Waals surface area contributed by atoms with Gasteiger partial charge >= 0.3 is 11.9 Å². The van der Waals surface area contributed by atoms with E-state index in [9.17, 15) is 19.7 Å². The van der Waals surface area contributed by atoms with Gasteiger partial charge in [-0.15, -0.1) is 0 Å². The van der Waals surface area contributed by atoms with Crippen molar-refractivity contribution in [1.82, 2.24) is 10.2 Å². The van der Waals surface area contributed by atoms with E-state index >= 15 is 0 Å². The van der Waals surface area contributed by atoms with Crippen LogP contribution in [0.5, 0.6) is 0 Å². The van der Waals surface area contributed by atoms with E-state index in [1.54, 1.807) is 26.0 Å². The Morgan fingerprint density at radius 1 is 0.956 bits per heavy atom. The van der Waals surface area contributed by atoms with E-state index in [1.165, 1.54) is 30.4 Å². The Labute approximate surface area is 263 Å². The first-order chi connectivity index (χ1) is 21.6. The van der Waals surface area contributed by atoms with Crippen LogP contribution in [0, 0.1) is 10.1 Å². The zero-order valence-corrected chi connectivity index (χ0v) is 26.1. The van der Waals surface area contributed by atoms with E-state index in [-0.39, 0.29) is 22.8 Å². The average molecular weight is 610 g/mol. The Hall–Kier alpha value is -4.76. The van der Waals surface area contributed by atoms with E-state index < -0.39 is 28.4 Å². The number of hydrogen-bond donors (Lipinski definition) is 1. The number of hydrogen-bond acceptors (Lipinski definition) is 8. The summed E-state index contributed by atoms with van der Waals surface area (Å²) in [5.74, 6) is -1.85. The van der Waals surface area contributed by atoms with Gasteiger partial charge in [0.05, 0.1) is 29.1 Å². The molecule has 0 spiro atoms. The summed E-state index contributed by atoms with van der Waals surface area (Å²) in [5, 5.41) is 14.7. The Balaban J connectivity index is 1.35. The number of rotatable bonds is 10. The lowest BCUT2D eigenvalue weighted by molar-refractivity contribution is -0.384. The van der Waals surface area contributed by atoms with Crippen molar-refractivity contribution in [2.45, 2.75) is 51.0 Å². The lowest BCUT2D eigenvalue weighted by atomic mass is 9.80. The first-order valence-electron chi connectivity index (χ1n) is 15.2. The molecule has 3 aromatic rings. The largest absolute Gasteiger partial charge is 0.466 e. The maximum atomic E-state index is 14.0. The Morgan fingerprint density at radius 3 is 2.13 bits per heavy atom. The molecular formula is C36H39N3O6. The van der Waals surface area contributed by atoms with E-state index in [0.29, 0.717) is 29.9 Å². The van der Waals surface area contributed by atoms with Crippen LogP contribution < -0.4 is 5.32 Å². The summed E-state index contributed by atoms with van der Waals surface area (Å²) >= 11 is 0. The fraction of sp³-hybridized carbons (Fsp3) is 0.333. The van der Waals surface area contributed by atoms with Gasteiger partial charge in [0, 0.05) is 49.0 Å². The number of nitrogens with one attached hydrogen (secondary N) is 1. The molecule has 0 radical (unpaired) electrons. The van der Waals surface area contributed by atoms with Gasteiger partial charge in [0.15, 0.2) is 0 Å².